The van der Waals surface area contributed by atoms with Gasteiger partial charge in [-0.1, -0.05) is 0 Å². The molecule has 0 amide bonds. The zero-order valence-electron chi connectivity index (χ0n) is 5.69. The van der Waals surface area contributed by atoms with Gasteiger partial charge < -0.3 is 0 Å². The molecule has 0 aliphatic carbocycles. The van der Waals surface area contributed by atoms with Crippen LogP contribution in [0.4, 0.5) is 0 Å². The first-order valence-electron chi connectivity index (χ1n) is 3.24. The van der Waals surface area contributed by atoms with Crippen LogP contribution in [0.3, 0.4) is 0 Å². The van der Waals surface area contributed by atoms with Crippen LogP contribution in [0, 0.1) is 0 Å². The van der Waals surface area contributed by atoms with E-state index in [1.807, 2.05) is 6.07 Å². The van der Waals surface area contributed by atoms with Crippen molar-refractivity contribution in [3.63, 3.8) is 0 Å². The highest BCUT2D eigenvalue weighted by atomic mass is 16.3. The van der Waals surface area contributed by atoms with Gasteiger partial charge in [-0.2, -0.15) is 0 Å². The predicted octanol–water partition coefficient (Wildman–Crippen LogP) is 1.77. The van der Waals surface area contributed by atoms with E-state index in [2.05, 4.69) is 9.97 Å². The molecule has 3 nitrogen and oxygen atoms in total. The van der Waals surface area contributed by atoms with Gasteiger partial charge in [-0.3, -0.25) is 15.1 Å². The van der Waals surface area contributed by atoms with Crippen molar-refractivity contribution in [1.82, 2.24) is 9.97 Å². The lowest BCUT2D eigenvalue weighted by atomic mass is 10.3. The van der Waals surface area contributed by atoms with Gasteiger partial charge in [-0.25, -0.2) is 0 Å². The molecule has 0 aliphatic heterocycles. The number of hydrogen-bond donors (Lipinski definition) is 0. The fourth-order valence-electron chi connectivity index (χ4n) is 0.935. The molecule has 0 unspecified atom stereocenters. The first-order valence-corrected chi connectivity index (χ1v) is 3.24. The first kappa shape index (κ1) is 6.09. The maximum atomic E-state index is 10.8. The Morgan fingerprint density at radius 2 is 2.09 bits per heavy atom. The van der Waals surface area contributed by atoms with Crippen LogP contribution in [-0.4, -0.2) is 9.97 Å². The van der Waals surface area contributed by atoms with Crippen molar-refractivity contribution < 1.29 is 5.11 Å². The van der Waals surface area contributed by atoms with E-state index in [9.17, 15) is 5.11 Å². The molecule has 0 aliphatic rings. The van der Waals surface area contributed by atoms with Crippen molar-refractivity contribution >= 4 is 11.0 Å². The third-order valence-electron chi connectivity index (χ3n) is 1.43. The Morgan fingerprint density at radius 3 is 3.00 bits per heavy atom. The summed E-state index contributed by atoms with van der Waals surface area (Å²) in [7, 11) is 0. The van der Waals surface area contributed by atoms with Crippen LogP contribution in [0.15, 0.2) is 30.6 Å². The summed E-state index contributed by atoms with van der Waals surface area (Å²) in [6, 6.07) is 5.09. The van der Waals surface area contributed by atoms with Crippen LogP contribution in [0.1, 0.15) is 0 Å². The molecule has 3 heteroatoms. The molecule has 2 rings (SSSR count). The highest BCUT2D eigenvalue weighted by Crippen LogP contribution is 2.13. The maximum Gasteiger partial charge on any atom is 0.199 e. The summed E-state index contributed by atoms with van der Waals surface area (Å²) in [5.41, 5.74) is 1.41. The fraction of sp³-hybridized carbons (Fsp3) is 0. The van der Waals surface area contributed by atoms with Gasteiger partial charge in [-0.05, 0) is 12.1 Å². The SMILES string of the molecule is [O]c1cnc2cccnc2c1. The monoisotopic (exact) mass is 145 g/mol. The van der Waals surface area contributed by atoms with Gasteiger partial charge in [0, 0.05) is 12.3 Å². The Bertz CT molecular complexity index is 387. The van der Waals surface area contributed by atoms with Gasteiger partial charge in [-0.15, -0.1) is 0 Å². The minimum atomic E-state index is -0.101. The Labute approximate surface area is 63.3 Å². The molecule has 2 aromatic rings. The quantitative estimate of drug-likeness (QED) is 0.567. The summed E-state index contributed by atoms with van der Waals surface area (Å²) < 4.78 is 0. The van der Waals surface area contributed by atoms with Crippen LogP contribution >= 0.6 is 0 Å². The number of pyridine rings is 2. The largest absolute Gasteiger partial charge is 0.288 e. The standard InChI is InChI=1S/C8H5N2O/c11-6-4-8-7(10-5-6)2-1-3-9-8/h1-5H. The summed E-state index contributed by atoms with van der Waals surface area (Å²) in [5.74, 6) is -0.101. The zero-order valence-corrected chi connectivity index (χ0v) is 5.69. The molecule has 11 heavy (non-hydrogen) atoms. The third kappa shape index (κ3) is 1.00. The van der Waals surface area contributed by atoms with Crippen LogP contribution < -0.4 is 0 Å². The molecular weight excluding hydrogens is 140 g/mol. The topological polar surface area (TPSA) is 45.7 Å². The highest BCUT2D eigenvalue weighted by molar-refractivity contribution is 5.74. The molecule has 1 radical (unpaired) electrons. The van der Waals surface area contributed by atoms with Crippen molar-refractivity contribution in [3.8, 4) is 5.75 Å². The minimum Gasteiger partial charge on any atom is -0.288 e. The van der Waals surface area contributed by atoms with Crippen LogP contribution in [-0.2, 0) is 5.11 Å². The van der Waals surface area contributed by atoms with Crippen LogP contribution in [0.25, 0.3) is 11.0 Å². The number of fused-ring (bicyclic) bond motifs is 1. The summed E-state index contributed by atoms with van der Waals surface area (Å²) >= 11 is 0. The molecule has 0 aromatic carbocycles. The van der Waals surface area contributed by atoms with Crippen molar-refractivity contribution in [2.45, 2.75) is 0 Å². The van der Waals surface area contributed by atoms with E-state index < -0.39 is 0 Å². The average molecular weight is 145 g/mol. The molecule has 0 saturated heterocycles. The van der Waals surface area contributed by atoms with Crippen LogP contribution in [0.5, 0.6) is 5.75 Å². The van der Waals surface area contributed by atoms with E-state index in [-0.39, 0.29) is 5.75 Å². The zero-order chi connectivity index (χ0) is 7.68. The summed E-state index contributed by atoms with van der Waals surface area (Å²) in [4.78, 5) is 7.89. The lowest BCUT2D eigenvalue weighted by Crippen LogP contribution is -1.79. The molecule has 0 spiro atoms. The number of hydrogen-bond acceptors (Lipinski definition) is 2. The second kappa shape index (κ2) is 2.20. The van der Waals surface area contributed by atoms with Crippen molar-refractivity contribution in [2.24, 2.45) is 0 Å². The van der Waals surface area contributed by atoms with Crippen molar-refractivity contribution in [2.75, 3.05) is 0 Å². The molecule has 0 atom stereocenters. The molecule has 0 fully saturated rings. The van der Waals surface area contributed by atoms with Gasteiger partial charge in [0.25, 0.3) is 0 Å². The van der Waals surface area contributed by atoms with Gasteiger partial charge in [0.15, 0.2) is 5.75 Å². The lowest BCUT2D eigenvalue weighted by molar-refractivity contribution is 0.354. The molecule has 53 valence electrons. The Hall–Kier alpha value is -1.64. The molecule has 0 bridgehead atoms. The van der Waals surface area contributed by atoms with Gasteiger partial charge in [0.2, 0.25) is 0 Å². The van der Waals surface area contributed by atoms with E-state index >= 15 is 0 Å². The third-order valence-corrected chi connectivity index (χ3v) is 1.43. The van der Waals surface area contributed by atoms with Gasteiger partial charge >= 0.3 is 0 Å². The van der Waals surface area contributed by atoms with E-state index in [1.165, 1.54) is 12.3 Å². The van der Waals surface area contributed by atoms with E-state index in [1.54, 1.807) is 12.3 Å². The lowest BCUT2D eigenvalue weighted by Gasteiger charge is -1.92. The van der Waals surface area contributed by atoms with E-state index in [0.717, 1.165) is 5.52 Å². The molecular formula is C8H5N2O. The Morgan fingerprint density at radius 1 is 1.18 bits per heavy atom. The predicted molar refractivity (Wildman–Crippen MR) is 39.7 cm³/mol. The number of rotatable bonds is 0. The van der Waals surface area contributed by atoms with Gasteiger partial charge in [0.05, 0.1) is 17.2 Å². The normalized spacial score (nSPS) is 10.2. The van der Waals surface area contributed by atoms with Gasteiger partial charge in [0.1, 0.15) is 0 Å². The van der Waals surface area contributed by atoms with Crippen molar-refractivity contribution in [3.05, 3.63) is 30.6 Å². The second-order valence-corrected chi connectivity index (χ2v) is 2.21. The molecule has 0 saturated carbocycles. The number of nitrogens with zero attached hydrogens (tertiary/aromatic N) is 2. The van der Waals surface area contributed by atoms with E-state index in [4.69, 9.17) is 0 Å². The fourth-order valence-corrected chi connectivity index (χ4v) is 0.935. The van der Waals surface area contributed by atoms with Crippen LogP contribution in [0.2, 0.25) is 0 Å². The maximum absolute atomic E-state index is 10.8. The smallest absolute Gasteiger partial charge is 0.199 e. The first-order chi connectivity index (χ1) is 5.36. The number of aromatic nitrogens is 2. The molecule has 2 aromatic heterocycles. The average Bonchev–Trinajstić information content (AvgIpc) is 2.04. The summed E-state index contributed by atoms with van der Waals surface area (Å²) in [6.45, 7) is 0. The van der Waals surface area contributed by atoms with Crippen molar-refractivity contribution in [1.29, 1.82) is 0 Å². The highest BCUT2D eigenvalue weighted by Gasteiger charge is 1.95. The summed E-state index contributed by atoms with van der Waals surface area (Å²) in [6.07, 6.45) is 2.94. The molecule has 2 heterocycles. The Balaban J connectivity index is 2.83. The van der Waals surface area contributed by atoms with E-state index in [0.29, 0.717) is 5.52 Å². The summed E-state index contributed by atoms with van der Waals surface area (Å²) in [5, 5.41) is 10.8. The second-order valence-electron chi connectivity index (χ2n) is 2.21. The molecule has 0 N–H and O–H groups in total. The Kier molecular flexibility index (Phi) is 1.22. The minimum absolute atomic E-state index is 0.101.